The number of rotatable bonds is 6. The summed E-state index contributed by atoms with van der Waals surface area (Å²) in [6, 6.07) is 12.8. The Morgan fingerprint density at radius 2 is 2.04 bits per heavy atom. The Labute approximate surface area is 167 Å². The van der Waals surface area contributed by atoms with Crippen LogP contribution in [0.15, 0.2) is 64.3 Å². The molecular formula is C18H14BrN5O4. The number of hydrazone groups is 1. The minimum atomic E-state index is -0.590. The largest absolute Gasteiger partial charge is 0.507 e. The number of carbonyl (C=O) groups is 1. The summed E-state index contributed by atoms with van der Waals surface area (Å²) in [5.74, 6) is -0.738. The van der Waals surface area contributed by atoms with Crippen LogP contribution in [0.4, 0.5) is 5.69 Å². The Morgan fingerprint density at radius 1 is 1.29 bits per heavy atom. The zero-order valence-electron chi connectivity index (χ0n) is 14.3. The summed E-state index contributed by atoms with van der Waals surface area (Å²) in [7, 11) is 0. The molecule has 10 heteroatoms. The van der Waals surface area contributed by atoms with Gasteiger partial charge in [-0.05, 0) is 29.8 Å². The van der Waals surface area contributed by atoms with Crippen molar-refractivity contribution < 1.29 is 14.8 Å². The quantitative estimate of drug-likeness (QED) is 0.344. The van der Waals surface area contributed by atoms with E-state index in [4.69, 9.17) is 0 Å². The van der Waals surface area contributed by atoms with E-state index in [1.54, 1.807) is 16.9 Å². The van der Waals surface area contributed by atoms with Crippen molar-refractivity contribution in [3.8, 4) is 5.75 Å². The lowest BCUT2D eigenvalue weighted by Crippen LogP contribution is -2.18. The Bertz CT molecular complexity index is 1050. The van der Waals surface area contributed by atoms with Gasteiger partial charge in [0.1, 0.15) is 5.75 Å². The third-order valence-electron chi connectivity index (χ3n) is 3.72. The first kappa shape index (κ1) is 19.2. The van der Waals surface area contributed by atoms with E-state index in [9.17, 15) is 20.0 Å². The van der Waals surface area contributed by atoms with Gasteiger partial charge in [0, 0.05) is 28.4 Å². The number of hydrogen-bond donors (Lipinski definition) is 2. The van der Waals surface area contributed by atoms with E-state index in [1.165, 1.54) is 12.1 Å². The number of benzene rings is 2. The van der Waals surface area contributed by atoms with Gasteiger partial charge in [-0.3, -0.25) is 19.6 Å². The number of nitro benzene ring substituents is 1. The number of phenols is 1. The van der Waals surface area contributed by atoms with Gasteiger partial charge in [-0.25, -0.2) is 5.43 Å². The number of nitrogens with one attached hydrogen (secondary N) is 1. The molecule has 0 aliphatic rings. The second kappa shape index (κ2) is 8.44. The van der Waals surface area contributed by atoms with Crippen molar-refractivity contribution in [2.75, 3.05) is 0 Å². The molecule has 0 aliphatic carbocycles. The number of phenolic OH excluding ortho intramolecular Hbond substituents is 1. The maximum Gasteiger partial charge on any atom is 0.291 e. The molecule has 2 aromatic carbocycles. The Kier molecular flexibility index (Phi) is 5.80. The number of aromatic nitrogens is 2. The summed E-state index contributed by atoms with van der Waals surface area (Å²) in [4.78, 5) is 22.3. The van der Waals surface area contributed by atoms with Crippen molar-refractivity contribution in [2.24, 2.45) is 5.10 Å². The van der Waals surface area contributed by atoms with Crippen molar-refractivity contribution in [1.29, 1.82) is 0 Å². The average Bonchev–Trinajstić information content (AvgIpc) is 3.13. The molecule has 0 atom stereocenters. The summed E-state index contributed by atoms with van der Waals surface area (Å²) in [6.07, 6.45) is 2.80. The van der Waals surface area contributed by atoms with Gasteiger partial charge < -0.3 is 5.11 Å². The predicted octanol–water partition coefficient (Wildman–Crippen LogP) is 3.07. The highest BCUT2D eigenvalue weighted by Gasteiger charge is 2.11. The Morgan fingerprint density at radius 3 is 2.75 bits per heavy atom. The molecular weight excluding hydrogens is 430 g/mol. The molecule has 2 N–H and O–H groups in total. The number of amides is 1. The molecule has 1 heterocycles. The van der Waals surface area contributed by atoms with E-state index < -0.39 is 10.8 Å². The Hall–Kier alpha value is -3.53. The van der Waals surface area contributed by atoms with Gasteiger partial charge in [0.2, 0.25) is 0 Å². The molecule has 9 nitrogen and oxygen atoms in total. The standard InChI is InChI=1S/C18H14BrN5O4/c19-14-3-1-12(2-4-14)11-23-8-7-16(22-23)18(26)21-20-10-13-9-15(24(27)28)5-6-17(13)25/h1-10,25H,11H2,(H,21,26). The van der Waals surface area contributed by atoms with Crippen LogP contribution in [-0.2, 0) is 6.54 Å². The van der Waals surface area contributed by atoms with Crippen LogP contribution in [0.2, 0.25) is 0 Å². The van der Waals surface area contributed by atoms with Crippen molar-refractivity contribution in [3.05, 3.63) is 86.1 Å². The highest BCUT2D eigenvalue weighted by atomic mass is 79.9. The molecule has 0 bridgehead atoms. The normalized spacial score (nSPS) is 10.9. The van der Waals surface area contributed by atoms with Crippen LogP contribution in [0.5, 0.6) is 5.75 Å². The molecule has 0 spiro atoms. The second-order valence-corrected chi connectivity index (χ2v) is 6.64. The topological polar surface area (TPSA) is 123 Å². The summed E-state index contributed by atoms with van der Waals surface area (Å²) >= 11 is 3.37. The first-order valence-electron chi connectivity index (χ1n) is 8.01. The number of aromatic hydroxyl groups is 1. The molecule has 1 amide bonds. The van der Waals surface area contributed by atoms with E-state index in [-0.39, 0.29) is 22.7 Å². The summed E-state index contributed by atoms with van der Waals surface area (Å²) in [6.45, 7) is 0.505. The van der Waals surface area contributed by atoms with Crippen LogP contribution in [0.25, 0.3) is 0 Å². The number of halogens is 1. The fraction of sp³-hybridized carbons (Fsp3) is 0.0556. The van der Waals surface area contributed by atoms with Crippen LogP contribution in [0, 0.1) is 10.1 Å². The van der Waals surface area contributed by atoms with Gasteiger partial charge >= 0.3 is 0 Å². The number of nitro groups is 1. The zero-order chi connectivity index (χ0) is 20.1. The molecule has 0 saturated carbocycles. The number of carbonyl (C=O) groups excluding carboxylic acids is 1. The van der Waals surface area contributed by atoms with E-state index in [1.807, 2.05) is 24.3 Å². The van der Waals surface area contributed by atoms with E-state index in [0.29, 0.717) is 6.54 Å². The van der Waals surface area contributed by atoms with Gasteiger partial charge in [0.15, 0.2) is 5.69 Å². The zero-order valence-corrected chi connectivity index (χ0v) is 15.9. The molecule has 0 fully saturated rings. The minimum absolute atomic E-state index is 0.107. The predicted molar refractivity (Wildman–Crippen MR) is 105 cm³/mol. The lowest BCUT2D eigenvalue weighted by Gasteiger charge is -2.02. The highest BCUT2D eigenvalue weighted by Crippen LogP contribution is 2.21. The first-order valence-corrected chi connectivity index (χ1v) is 8.80. The van der Waals surface area contributed by atoms with Gasteiger partial charge in [-0.1, -0.05) is 28.1 Å². The van der Waals surface area contributed by atoms with Crippen molar-refractivity contribution >= 4 is 33.7 Å². The summed E-state index contributed by atoms with van der Waals surface area (Å²) < 4.78 is 2.60. The van der Waals surface area contributed by atoms with Crippen molar-refractivity contribution in [3.63, 3.8) is 0 Å². The number of hydrogen-bond acceptors (Lipinski definition) is 6. The summed E-state index contributed by atoms with van der Waals surface area (Å²) in [5, 5.41) is 28.4. The van der Waals surface area contributed by atoms with Gasteiger partial charge in [0.05, 0.1) is 17.7 Å². The first-order chi connectivity index (χ1) is 13.4. The van der Waals surface area contributed by atoms with Crippen molar-refractivity contribution in [1.82, 2.24) is 15.2 Å². The van der Waals surface area contributed by atoms with E-state index in [2.05, 4.69) is 31.6 Å². The van der Waals surface area contributed by atoms with Crippen LogP contribution in [-0.4, -0.2) is 31.9 Å². The molecule has 3 rings (SSSR count). The molecule has 0 aliphatic heterocycles. The molecule has 1 aromatic heterocycles. The maximum absolute atomic E-state index is 12.1. The summed E-state index contributed by atoms with van der Waals surface area (Å²) in [5.41, 5.74) is 3.38. The lowest BCUT2D eigenvalue weighted by atomic mass is 10.2. The van der Waals surface area contributed by atoms with Crippen molar-refractivity contribution in [2.45, 2.75) is 6.54 Å². The Balaban J connectivity index is 1.63. The smallest absolute Gasteiger partial charge is 0.291 e. The molecule has 3 aromatic rings. The highest BCUT2D eigenvalue weighted by molar-refractivity contribution is 9.10. The second-order valence-electron chi connectivity index (χ2n) is 5.72. The molecule has 0 unspecified atom stereocenters. The van der Waals surface area contributed by atoms with E-state index >= 15 is 0 Å². The minimum Gasteiger partial charge on any atom is -0.507 e. The number of non-ortho nitro benzene ring substituents is 1. The molecule has 0 radical (unpaired) electrons. The lowest BCUT2D eigenvalue weighted by molar-refractivity contribution is -0.384. The van der Waals surface area contributed by atoms with Gasteiger partial charge in [0.25, 0.3) is 11.6 Å². The molecule has 142 valence electrons. The van der Waals surface area contributed by atoms with Crippen LogP contribution in [0.1, 0.15) is 21.6 Å². The van der Waals surface area contributed by atoms with Crippen LogP contribution >= 0.6 is 15.9 Å². The average molecular weight is 444 g/mol. The van der Waals surface area contributed by atoms with E-state index in [0.717, 1.165) is 22.3 Å². The molecule has 0 saturated heterocycles. The fourth-order valence-electron chi connectivity index (χ4n) is 2.32. The fourth-order valence-corrected chi connectivity index (χ4v) is 2.59. The molecule has 28 heavy (non-hydrogen) atoms. The third kappa shape index (κ3) is 4.80. The number of nitrogens with zero attached hydrogens (tertiary/aromatic N) is 4. The van der Waals surface area contributed by atoms with Gasteiger partial charge in [-0.2, -0.15) is 10.2 Å². The maximum atomic E-state index is 12.1. The monoisotopic (exact) mass is 443 g/mol. The van der Waals surface area contributed by atoms with Gasteiger partial charge in [-0.15, -0.1) is 0 Å². The third-order valence-corrected chi connectivity index (χ3v) is 4.25. The van der Waals surface area contributed by atoms with Crippen LogP contribution < -0.4 is 5.43 Å². The SMILES string of the molecule is O=C(NN=Cc1cc([N+](=O)[O-])ccc1O)c1ccn(Cc2ccc(Br)cc2)n1. The van der Waals surface area contributed by atoms with Crippen LogP contribution in [0.3, 0.4) is 0 Å².